The summed E-state index contributed by atoms with van der Waals surface area (Å²) in [6.07, 6.45) is 3.89. The lowest BCUT2D eigenvalue weighted by Crippen LogP contribution is -2.25. The number of hydrogen-bond acceptors (Lipinski definition) is 3. The predicted octanol–water partition coefficient (Wildman–Crippen LogP) is 2.31. The Hall–Kier alpha value is -2.70. The number of benzene rings is 1. The van der Waals surface area contributed by atoms with E-state index in [0.717, 1.165) is 0 Å². The third-order valence-electron chi connectivity index (χ3n) is 3.35. The van der Waals surface area contributed by atoms with Gasteiger partial charge in [-0.15, -0.1) is 0 Å². The van der Waals surface area contributed by atoms with E-state index in [1.54, 1.807) is 20.0 Å². The van der Waals surface area contributed by atoms with E-state index in [2.05, 4.69) is 20.8 Å². The van der Waals surface area contributed by atoms with Crippen LogP contribution in [-0.4, -0.2) is 28.6 Å². The molecule has 0 bridgehead atoms. The summed E-state index contributed by atoms with van der Waals surface area (Å²) in [4.78, 5) is 23.7. The summed E-state index contributed by atoms with van der Waals surface area (Å²) >= 11 is 0. The first-order valence-electron chi connectivity index (χ1n) is 7.31. The van der Waals surface area contributed by atoms with E-state index in [1.165, 1.54) is 18.3 Å². The van der Waals surface area contributed by atoms with Gasteiger partial charge < -0.3 is 10.6 Å². The van der Waals surface area contributed by atoms with E-state index in [0.29, 0.717) is 35.3 Å². The van der Waals surface area contributed by atoms with Gasteiger partial charge >= 0.3 is 0 Å². The lowest BCUT2D eigenvalue weighted by Gasteiger charge is -2.08. The number of nitrogens with one attached hydrogen (secondary N) is 3. The molecular weight excluding hydrogens is 299 g/mol. The Morgan fingerprint density at radius 3 is 2.57 bits per heavy atom. The van der Waals surface area contributed by atoms with Gasteiger partial charge in [-0.25, -0.2) is 4.39 Å². The molecular formula is C16H19FN4O2. The number of amides is 2. The van der Waals surface area contributed by atoms with Crippen LogP contribution in [-0.2, 0) is 4.79 Å². The van der Waals surface area contributed by atoms with E-state index < -0.39 is 0 Å². The number of aryl methyl sites for hydroxylation is 2. The number of rotatable bonds is 6. The molecule has 122 valence electrons. The number of H-pyrrole nitrogens is 1. The zero-order chi connectivity index (χ0) is 16.8. The molecule has 0 fully saturated rings. The molecule has 1 heterocycles. The van der Waals surface area contributed by atoms with E-state index in [4.69, 9.17) is 0 Å². The number of halogens is 1. The second-order valence-corrected chi connectivity index (χ2v) is 5.32. The zero-order valence-electron chi connectivity index (χ0n) is 13.1. The summed E-state index contributed by atoms with van der Waals surface area (Å²) in [5, 5.41) is 11.7. The molecule has 2 rings (SSSR count). The Labute approximate surface area is 133 Å². The molecule has 0 saturated carbocycles. The number of nitrogens with zero attached hydrogens (tertiary/aromatic N) is 1. The molecule has 0 saturated heterocycles. The summed E-state index contributed by atoms with van der Waals surface area (Å²) < 4.78 is 13.5. The van der Waals surface area contributed by atoms with Crippen molar-refractivity contribution in [1.29, 1.82) is 0 Å². The third-order valence-corrected chi connectivity index (χ3v) is 3.35. The minimum absolute atomic E-state index is 0.144. The average molecular weight is 318 g/mol. The van der Waals surface area contributed by atoms with Crippen molar-refractivity contribution in [2.75, 3.05) is 11.9 Å². The Morgan fingerprint density at radius 2 is 1.96 bits per heavy atom. The highest BCUT2D eigenvalue weighted by molar-refractivity contribution is 5.94. The normalized spacial score (nSPS) is 10.4. The van der Waals surface area contributed by atoms with Gasteiger partial charge in [0.2, 0.25) is 5.91 Å². The predicted molar refractivity (Wildman–Crippen MR) is 84.7 cm³/mol. The molecule has 0 aliphatic rings. The number of anilines is 1. The van der Waals surface area contributed by atoms with Gasteiger partial charge in [-0.2, -0.15) is 5.10 Å². The van der Waals surface area contributed by atoms with Crippen LogP contribution < -0.4 is 10.6 Å². The maximum Gasteiger partial charge on any atom is 0.251 e. The van der Waals surface area contributed by atoms with Gasteiger partial charge in [0.05, 0.1) is 11.9 Å². The van der Waals surface area contributed by atoms with Gasteiger partial charge in [-0.1, -0.05) is 0 Å². The van der Waals surface area contributed by atoms with Crippen molar-refractivity contribution in [3.05, 3.63) is 47.0 Å². The van der Waals surface area contributed by atoms with E-state index >= 15 is 0 Å². The van der Waals surface area contributed by atoms with Gasteiger partial charge in [0.15, 0.2) is 0 Å². The highest BCUT2D eigenvalue weighted by Gasteiger charge is 2.10. The van der Waals surface area contributed by atoms with E-state index in [1.807, 2.05) is 0 Å². The molecule has 0 aliphatic carbocycles. The lowest BCUT2D eigenvalue weighted by molar-refractivity contribution is -0.116. The molecule has 23 heavy (non-hydrogen) atoms. The topological polar surface area (TPSA) is 86.9 Å². The summed E-state index contributed by atoms with van der Waals surface area (Å²) in [7, 11) is 0. The van der Waals surface area contributed by atoms with Crippen LogP contribution in [0.3, 0.4) is 0 Å². The Bertz CT molecular complexity index is 675. The second kappa shape index (κ2) is 7.53. The highest BCUT2D eigenvalue weighted by Crippen LogP contribution is 2.14. The van der Waals surface area contributed by atoms with Crippen LogP contribution >= 0.6 is 0 Å². The number of carbonyl (C=O) groups is 2. The second-order valence-electron chi connectivity index (χ2n) is 5.32. The summed E-state index contributed by atoms with van der Waals surface area (Å²) in [5.74, 6) is -0.710. The fraction of sp³-hybridized carbons (Fsp3) is 0.312. The smallest absolute Gasteiger partial charge is 0.251 e. The molecule has 1 aromatic carbocycles. The van der Waals surface area contributed by atoms with Crippen LogP contribution in [0.1, 0.15) is 34.3 Å². The Kier molecular flexibility index (Phi) is 5.46. The zero-order valence-corrected chi connectivity index (χ0v) is 13.1. The van der Waals surface area contributed by atoms with Gasteiger partial charge in [-0.05, 0) is 43.5 Å². The maximum absolute atomic E-state index is 13.5. The van der Waals surface area contributed by atoms with E-state index in [9.17, 15) is 14.0 Å². The minimum atomic E-state index is -0.294. The summed E-state index contributed by atoms with van der Waals surface area (Å²) in [6, 6.07) is 3.03. The molecule has 0 spiro atoms. The van der Waals surface area contributed by atoms with Crippen molar-refractivity contribution in [3.8, 4) is 0 Å². The van der Waals surface area contributed by atoms with Gasteiger partial charge in [-0.3, -0.25) is 14.7 Å². The molecule has 0 radical (unpaired) electrons. The van der Waals surface area contributed by atoms with Gasteiger partial charge in [0, 0.05) is 24.7 Å². The first-order chi connectivity index (χ1) is 11.0. The molecule has 2 aromatic rings. The van der Waals surface area contributed by atoms with Crippen molar-refractivity contribution in [3.63, 3.8) is 0 Å². The summed E-state index contributed by atoms with van der Waals surface area (Å²) in [5.41, 5.74) is 1.91. The van der Waals surface area contributed by atoms with Crippen LogP contribution in [0.2, 0.25) is 0 Å². The Morgan fingerprint density at radius 1 is 1.26 bits per heavy atom. The van der Waals surface area contributed by atoms with Crippen LogP contribution in [0.4, 0.5) is 10.1 Å². The number of aromatic nitrogens is 2. The first-order valence-corrected chi connectivity index (χ1v) is 7.31. The van der Waals surface area contributed by atoms with Crippen LogP contribution in [0.15, 0.2) is 24.5 Å². The SMILES string of the molecule is Cc1cc(C(=O)NCCCC(=O)Nc2cn[nH]c2)cc(C)c1F. The molecule has 0 unspecified atom stereocenters. The van der Waals surface area contributed by atoms with Gasteiger partial charge in [0.25, 0.3) is 5.91 Å². The average Bonchev–Trinajstić information content (AvgIpc) is 3.01. The molecule has 3 N–H and O–H groups in total. The fourth-order valence-corrected chi connectivity index (χ4v) is 2.17. The van der Waals surface area contributed by atoms with Crippen molar-refractivity contribution >= 4 is 17.5 Å². The van der Waals surface area contributed by atoms with E-state index in [-0.39, 0.29) is 24.1 Å². The number of carbonyl (C=O) groups excluding carboxylic acids is 2. The third kappa shape index (κ3) is 4.64. The molecule has 0 atom stereocenters. The van der Waals surface area contributed by atoms with Crippen LogP contribution in [0.25, 0.3) is 0 Å². The van der Waals surface area contributed by atoms with Crippen molar-refractivity contribution < 1.29 is 14.0 Å². The highest BCUT2D eigenvalue weighted by atomic mass is 19.1. The summed E-state index contributed by atoms with van der Waals surface area (Å²) in [6.45, 7) is 3.62. The standard InChI is InChI=1S/C16H19FN4O2/c1-10-6-12(7-11(2)15(10)17)16(23)18-5-3-4-14(22)21-13-8-19-20-9-13/h6-9H,3-5H2,1-2H3,(H,18,23)(H,19,20)(H,21,22). The quantitative estimate of drug-likeness (QED) is 0.714. The maximum atomic E-state index is 13.5. The van der Waals surface area contributed by atoms with Crippen molar-refractivity contribution in [2.45, 2.75) is 26.7 Å². The van der Waals surface area contributed by atoms with Crippen LogP contribution in [0, 0.1) is 19.7 Å². The van der Waals surface area contributed by atoms with Crippen molar-refractivity contribution in [2.24, 2.45) is 0 Å². The molecule has 6 nitrogen and oxygen atoms in total. The lowest BCUT2D eigenvalue weighted by atomic mass is 10.1. The molecule has 7 heteroatoms. The molecule has 1 aromatic heterocycles. The largest absolute Gasteiger partial charge is 0.352 e. The van der Waals surface area contributed by atoms with Crippen molar-refractivity contribution in [1.82, 2.24) is 15.5 Å². The molecule has 2 amide bonds. The first kappa shape index (κ1) is 16.7. The molecule has 0 aliphatic heterocycles. The fourth-order valence-electron chi connectivity index (χ4n) is 2.17. The van der Waals surface area contributed by atoms with Gasteiger partial charge in [0.1, 0.15) is 5.82 Å². The Balaban J connectivity index is 1.75. The minimum Gasteiger partial charge on any atom is -0.352 e. The number of aromatic amines is 1. The monoisotopic (exact) mass is 318 g/mol. The van der Waals surface area contributed by atoms with Crippen LogP contribution in [0.5, 0.6) is 0 Å². The number of hydrogen-bond donors (Lipinski definition) is 3.